The van der Waals surface area contributed by atoms with Crippen molar-refractivity contribution < 1.29 is 22.3 Å². The van der Waals surface area contributed by atoms with E-state index in [2.05, 4.69) is 15.3 Å². The molecule has 4 nitrogen and oxygen atoms in total. The number of benzene rings is 1. The molecule has 26 heavy (non-hydrogen) atoms. The smallest absolute Gasteiger partial charge is 0.253 e. The van der Waals surface area contributed by atoms with Gasteiger partial charge in [-0.1, -0.05) is 18.2 Å². The molecule has 0 aliphatic heterocycles. The zero-order valence-electron chi connectivity index (χ0n) is 13.3. The lowest BCUT2D eigenvalue weighted by molar-refractivity contribution is 0.305. The van der Waals surface area contributed by atoms with E-state index in [0.717, 1.165) is 5.56 Å². The van der Waals surface area contributed by atoms with Gasteiger partial charge in [-0.2, -0.15) is 22.5 Å². The highest BCUT2D eigenvalue weighted by molar-refractivity contribution is 5.46. The first kappa shape index (κ1) is 17.7. The van der Waals surface area contributed by atoms with Crippen LogP contribution in [0.3, 0.4) is 0 Å². The van der Waals surface area contributed by atoms with Crippen LogP contribution in [0.5, 0.6) is 5.75 Å². The van der Waals surface area contributed by atoms with E-state index in [0.29, 0.717) is 17.9 Å². The van der Waals surface area contributed by atoms with Crippen molar-refractivity contribution in [2.75, 3.05) is 5.32 Å². The molecule has 0 saturated heterocycles. The first-order valence-electron chi connectivity index (χ1n) is 7.59. The van der Waals surface area contributed by atoms with Crippen molar-refractivity contribution in [1.29, 1.82) is 0 Å². The summed E-state index contributed by atoms with van der Waals surface area (Å²) in [6.45, 7) is 0.303. The number of aromatic nitrogens is 2. The second-order valence-corrected chi connectivity index (χ2v) is 5.34. The van der Waals surface area contributed by atoms with Gasteiger partial charge in [0.25, 0.3) is 11.9 Å². The molecule has 0 amide bonds. The van der Waals surface area contributed by atoms with Gasteiger partial charge in [-0.25, -0.2) is 0 Å². The Bertz CT molecular complexity index is 863. The molecular formula is C18H13F4N3O. The number of nitrogens with one attached hydrogen (secondary N) is 1. The number of hydrogen-bond acceptors (Lipinski definition) is 4. The van der Waals surface area contributed by atoms with Crippen LogP contribution in [0.4, 0.5) is 23.2 Å². The molecule has 0 spiro atoms. The van der Waals surface area contributed by atoms with Gasteiger partial charge in [0, 0.05) is 24.5 Å². The molecule has 0 atom stereocenters. The van der Waals surface area contributed by atoms with Crippen LogP contribution in [-0.4, -0.2) is 9.97 Å². The summed E-state index contributed by atoms with van der Waals surface area (Å²) in [7, 11) is 0. The monoisotopic (exact) mass is 363 g/mol. The maximum atomic E-state index is 13.5. The first-order chi connectivity index (χ1) is 12.5. The van der Waals surface area contributed by atoms with Crippen LogP contribution in [0.25, 0.3) is 0 Å². The number of halogens is 4. The van der Waals surface area contributed by atoms with Gasteiger partial charge in [0.15, 0.2) is 0 Å². The van der Waals surface area contributed by atoms with E-state index in [1.54, 1.807) is 42.7 Å². The summed E-state index contributed by atoms with van der Waals surface area (Å²) < 4.78 is 58.8. The minimum absolute atomic E-state index is 0.0420. The fourth-order valence-corrected chi connectivity index (χ4v) is 2.19. The van der Waals surface area contributed by atoms with Gasteiger partial charge in [0.1, 0.15) is 18.0 Å². The van der Waals surface area contributed by atoms with Crippen molar-refractivity contribution in [3.8, 4) is 5.75 Å². The van der Waals surface area contributed by atoms with Crippen LogP contribution in [0.2, 0.25) is 0 Å². The Morgan fingerprint density at radius 2 is 1.58 bits per heavy atom. The van der Waals surface area contributed by atoms with Crippen LogP contribution in [-0.2, 0) is 13.2 Å². The Balaban J connectivity index is 1.62. The molecule has 0 bridgehead atoms. The summed E-state index contributed by atoms with van der Waals surface area (Å²) in [5.74, 6) is -5.95. The highest BCUT2D eigenvalue weighted by Gasteiger charge is 2.20. The van der Waals surface area contributed by atoms with Gasteiger partial charge in [0.05, 0.1) is 0 Å². The fraction of sp³-hybridized carbons (Fsp3) is 0.111. The Hall–Kier alpha value is -3.16. The third-order valence-electron chi connectivity index (χ3n) is 3.52. The third kappa shape index (κ3) is 4.08. The maximum absolute atomic E-state index is 13.5. The molecule has 8 heteroatoms. The minimum atomic E-state index is -1.70. The van der Waals surface area contributed by atoms with Gasteiger partial charge >= 0.3 is 0 Å². The minimum Gasteiger partial charge on any atom is -0.489 e. The zero-order chi connectivity index (χ0) is 18.5. The maximum Gasteiger partial charge on any atom is 0.253 e. The van der Waals surface area contributed by atoms with Gasteiger partial charge < -0.3 is 10.1 Å². The summed E-state index contributed by atoms with van der Waals surface area (Å²) in [5.41, 5.74) is 0.646. The summed E-state index contributed by atoms with van der Waals surface area (Å²) in [6, 6.07) is 10.4. The summed E-state index contributed by atoms with van der Waals surface area (Å²) >= 11 is 0. The van der Waals surface area contributed by atoms with E-state index in [-0.39, 0.29) is 6.54 Å². The number of hydrogen-bond donors (Lipinski definition) is 1. The van der Waals surface area contributed by atoms with Crippen molar-refractivity contribution in [3.63, 3.8) is 0 Å². The molecule has 134 valence electrons. The van der Waals surface area contributed by atoms with Crippen molar-refractivity contribution >= 4 is 5.69 Å². The van der Waals surface area contributed by atoms with Gasteiger partial charge in [-0.3, -0.25) is 4.98 Å². The normalized spacial score (nSPS) is 10.6. The van der Waals surface area contributed by atoms with Crippen LogP contribution in [0.1, 0.15) is 11.1 Å². The van der Waals surface area contributed by atoms with Crippen LogP contribution < -0.4 is 10.1 Å². The topological polar surface area (TPSA) is 47.0 Å². The van der Waals surface area contributed by atoms with Crippen molar-refractivity contribution in [1.82, 2.24) is 9.97 Å². The number of nitrogens with zero attached hydrogens (tertiary/aromatic N) is 2. The Morgan fingerprint density at radius 1 is 0.885 bits per heavy atom. The summed E-state index contributed by atoms with van der Waals surface area (Å²) in [6.07, 6.45) is 3.35. The number of rotatable bonds is 6. The average molecular weight is 363 g/mol. The number of ether oxygens (including phenoxy) is 1. The van der Waals surface area contributed by atoms with Crippen molar-refractivity contribution in [2.24, 2.45) is 0 Å². The molecule has 0 radical (unpaired) electrons. The van der Waals surface area contributed by atoms with E-state index < -0.39 is 29.2 Å². The van der Waals surface area contributed by atoms with Gasteiger partial charge in [-0.15, -0.1) is 0 Å². The number of anilines is 1. The summed E-state index contributed by atoms with van der Waals surface area (Å²) in [5, 5.41) is 2.34. The summed E-state index contributed by atoms with van der Waals surface area (Å²) in [4.78, 5) is 6.48. The van der Waals surface area contributed by atoms with Crippen molar-refractivity contribution in [2.45, 2.75) is 13.2 Å². The quantitative estimate of drug-likeness (QED) is 0.526. The van der Waals surface area contributed by atoms with E-state index in [1.165, 1.54) is 0 Å². The predicted octanol–water partition coefficient (Wildman–Crippen LogP) is 4.22. The third-order valence-corrected chi connectivity index (χ3v) is 3.52. The first-order valence-corrected chi connectivity index (χ1v) is 7.59. The standard InChI is InChI=1S/C18H13F4N3O/c19-14-16(15(20)18(22)25-17(14)21)24-9-11-3-5-13(6-4-11)26-10-12-2-1-7-23-8-12/h1-8H,9-10H2,(H,24,25). The molecule has 1 aromatic carbocycles. The second kappa shape index (κ2) is 7.81. The van der Waals surface area contributed by atoms with E-state index in [4.69, 9.17) is 4.74 Å². The lowest BCUT2D eigenvalue weighted by atomic mass is 10.2. The molecule has 3 aromatic rings. The molecule has 0 unspecified atom stereocenters. The fourth-order valence-electron chi connectivity index (χ4n) is 2.19. The Labute approximate surface area is 146 Å². The van der Waals surface area contributed by atoms with Crippen molar-refractivity contribution in [3.05, 3.63) is 83.4 Å². The Kier molecular flexibility index (Phi) is 5.31. The van der Waals surface area contributed by atoms with Gasteiger partial charge in [-0.05, 0) is 23.8 Å². The lowest BCUT2D eigenvalue weighted by Crippen LogP contribution is -2.09. The molecule has 2 aromatic heterocycles. The van der Waals surface area contributed by atoms with E-state index in [1.807, 2.05) is 6.07 Å². The highest BCUT2D eigenvalue weighted by Crippen LogP contribution is 2.23. The largest absolute Gasteiger partial charge is 0.489 e. The second-order valence-electron chi connectivity index (χ2n) is 5.34. The van der Waals surface area contributed by atoms with Crippen LogP contribution in [0.15, 0.2) is 48.8 Å². The predicted molar refractivity (Wildman–Crippen MR) is 86.4 cm³/mol. The molecule has 2 heterocycles. The molecule has 0 saturated carbocycles. The molecule has 0 aliphatic carbocycles. The molecular weight excluding hydrogens is 350 g/mol. The van der Waals surface area contributed by atoms with Crippen LogP contribution in [0, 0.1) is 23.5 Å². The number of pyridine rings is 2. The molecule has 3 rings (SSSR count). The molecule has 1 N–H and O–H groups in total. The van der Waals surface area contributed by atoms with Gasteiger partial charge in [0.2, 0.25) is 11.6 Å². The average Bonchev–Trinajstić information content (AvgIpc) is 2.66. The highest BCUT2D eigenvalue weighted by atomic mass is 19.2. The Morgan fingerprint density at radius 3 is 2.19 bits per heavy atom. The zero-order valence-corrected chi connectivity index (χ0v) is 13.3. The van der Waals surface area contributed by atoms with Crippen LogP contribution >= 0.6 is 0 Å². The van der Waals surface area contributed by atoms with E-state index >= 15 is 0 Å². The molecule has 0 fully saturated rings. The SMILES string of the molecule is Fc1nc(F)c(F)c(NCc2ccc(OCc3cccnc3)cc2)c1F. The molecule has 0 aliphatic rings. The lowest BCUT2D eigenvalue weighted by Gasteiger charge is -2.10. The van der Waals surface area contributed by atoms with E-state index in [9.17, 15) is 17.6 Å².